The molecular formula is C19H16FNO6. The Kier molecular flexibility index (Phi) is 6.65. The van der Waals surface area contributed by atoms with Crippen LogP contribution in [0.3, 0.4) is 0 Å². The number of rotatable bonds is 8. The molecule has 7 nitrogen and oxygen atoms in total. The third-order valence-corrected chi connectivity index (χ3v) is 3.29. The highest BCUT2D eigenvalue weighted by Gasteiger charge is 2.18. The van der Waals surface area contributed by atoms with Crippen molar-refractivity contribution in [1.82, 2.24) is 0 Å². The number of nitro benzene ring substituents is 1. The molecule has 2 aromatic carbocycles. The lowest BCUT2D eigenvalue weighted by atomic mass is 10.2. The van der Waals surface area contributed by atoms with Crippen LogP contribution in [0.15, 0.2) is 55.1 Å². The monoisotopic (exact) mass is 373 g/mol. The van der Waals surface area contributed by atoms with Crippen molar-refractivity contribution in [3.05, 3.63) is 76.6 Å². The predicted octanol–water partition coefficient (Wildman–Crippen LogP) is 3.93. The maximum atomic E-state index is 13.3. The molecule has 0 atom stereocenters. The van der Waals surface area contributed by atoms with E-state index in [-0.39, 0.29) is 0 Å². The minimum Gasteiger partial charge on any atom is -0.493 e. The van der Waals surface area contributed by atoms with Gasteiger partial charge < -0.3 is 14.2 Å². The summed E-state index contributed by atoms with van der Waals surface area (Å²) in [5, 5.41) is 10.9. The van der Waals surface area contributed by atoms with Crippen LogP contribution in [-0.4, -0.2) is 24.6 Å². The van der Waals surface area contributed by atoms with Gasteiger partial charge in [-0.1, -0.05) is 18.7 Å². The number of carbonyl (C=O) groups excluding carboxylic acids is 1. The van der Waals surface area contributed by atoms with Crippen LogP contribution in [0.25, 0.3) is 6.08 Å². The number of ether oxygens (including phenoxy) is 3. The lowest BCUT2D eigenvalue weighted by molar-refractivity contribution is -0.385. The molecule has 0 aliphatic rings. The van der Waals surface area contributed by atoms with Crippen LogP contribution in [0.1, 0.15) is 5.56 Å². The minimum atomic E-state index is -0.894. The Labute approximate surface area is 154 Å². The van der Waals surface area contributed by atoms with Gasteiger partial charge >= 0.3 is 11.7 Å². The van der Waals surface area contributed by atoms with Gasteiger partial charge in [0, 0.05) is 18.2 Å². The molecule has 0 N–H and O–H groups in total. The van der Waals surface area contributed by atoms with Crippen LogP contribution < -0.4 is 14.2 Å². The summed E-state index contributed by atoms with van der Waals surface area (Å²) >= 11 is 0. The molecule has 0 bridgehead atoms. The molecule has 0 aromatic heterocycles. The molecule has 0 amide bonds. The van der Waals surface area contributed by atoms with E-state index in [0.29, 0.717) is 23.7 Å². The van der Waals surface area contributed by atoms with E-state index >= 15 is 0 Å². The quantitative estimate of drug-likeness (QED) is 0.174. The Morgan fingerprint density at radius 3 is 2.67 bits per heavy atom. The Hall–Kier alpha value is -3.68. The van der Waals surface area contributed by atoms with Gasteiger partial charge in [-0.25, -0.2) is 9.18 Å². The van der Waals surface area contributed by atoms with Gasteiger partial charge in [0.05, 0.1) is 12.0 Å². The Bertz CT molecular complexity index is 894. The molecular weight excluding hydrogens is 357 g/mol. The van der Waals surface area contributed by atoms with Crippen LogP contribution >= 0.6 is 0 Å². The SMILES string of the molecule is C=CCOc1ccc(C=CC(=O)Oc2cc(F)ccc2[N+](=O)[O-])cc1OC. The molecule has 0 unspecified atom stereocenters. The van der Waals surface area contributed by atoms with Crippen molar-refractivity contribution in [3.8, 4) is 17.2 Å². The zero-order valence-corrected chi connectivity index (χ0v) is 14.4. The second-order valence-corrected chi connectivity index (χ2v) is 5.13. The van der Waals surface area contributed by atoms with E-state index in [1.54, 1.807) is 24.3 Å². The van der Waals surface area contributed by atoms with Crippen molar-refractivity contribution in [2.45, 2.75) is 0 Å². The fourth-order valence-corrected chi connectivity index (χ4v) is 2.08. The number of methoxy groups -OCH3 is 1. The second kappa shape index (κ2) is 9.14. The zero-order valence-electron chi connectivity index (χ0n) is 14.4. The molecule has 0 saturated heterocycles. The Balaban J connectivity index is 2.14. The summed E-state index contributed by atoms with van der Waals surface area (Å²) < 4.78 is 28.8. The first-order valence-electron chi connectivity index (χ1n) is 7.70. The lowest BCUT2D eigenvalue weighted by Gasteiger charge is -2.09. The second-order valence-electron chi connectivity index (χ2n) is 5.13. The fraction of sp³-hybridized carbons (Fsp3) is 0.105. The highest BCUT2D eigenvalue weighted by molar-refractivity contribution is 5.89. The summed E-state index contributed by atoms with van der Waals surface area (Å²) in [6.45, 7) is 3.87. The number of halogens is 1. The van der Waals surface area contributed by atoms with Gasteiger partial charge in [0.2, 0.25) is 5.75 Å². The van der Waals surface area contributed by atoms with Crippen molar-refractivity contribution in [2.75, 3.05) is 13.7 Å². The topological polar surface area (TPSA) is 87.9 Å². The minimum absolute atomic E-state index is 0.310. The highest BCUT2D eigenvalue weighted by atomic mass is 19.1. The number of benzene rings is 2. The number of nitrogens with zero attached hydrogens (tertiary/aromatic N) is 1. The van der Waals surface area contributed by atoms with Crippen LogP contribution in [0.5, 0.6) is 17.2 Å². The average Bonchev–Trinajstić information content (AvgIpc) is 2.64. The Morgan fingerprint density at radius 1 is 1.22 bits per heavy atom. The van der Waals surface area contributed by atoms with E-state index in [1.807, 2.05) is 0 Å². The Morgan fingerprint density at radius 2 is 2.00 bits per heavy atom. The maximum absolute atomic E-state index is 13.3. The van der Waals surface area contributed by atoms with E-state index in [9.17, 15) is 19.3 Å². The standard InChI is InChI=1S/C19H16FNO6/c1-3-10-26-16-8-4-13(11-18(16)25-2)5-9-19(22)27-17-12-14(20)6-7-15(17)21(23)24/h3-9,11-12H,1,10H2,2H3. The van der Waals surface area contributed by atoms with Crippen LogP contribution in [0.4, 0.5) is 10.1 Å². The summed E-state index contributed by atoms with van der Waals surface area (Å²) in [6, 6.07) is 7.58. The van der Waals surface area contributed by atoms with Crippen LogP contribution in [0.2, 0.25) is 0 Å². The summed E-state index contributed by atoms with van der Waals surface area (Å²) in [4.78, 5) is 22.1. The fourth-order valence-electron chi connectivity index (χ4n) is 2.08. The predicted molar refractivity (Wildman–Crippen MR) is 96.4 cm³/mol. The average molecular weight is 373 g/mol. The molecule has 2 rings (SSSR count). The molecule has 0 aliphatic heterocycles. The third-order valence-electron chi connectivity index (χ3n) is 3.29. The van der Waals surface area contributed by atoms with Crippen LogP contribution in [0, 0.1) is 15.9 Å². The van der Waals surface area contributed by atoms with Crippen molar-refractivity contribution in [1.29, 1.82) is 0 Å². The molecule has 140 valence electrons. The van der Waals surface area contributed by atoms with Gasteiger partial charge in [-0.05, 0) is 29.8 Å². The molecule has 8 heteroatoms. The van der Waals surface area contributed by atoms with Crippen molar-refractivity contribution in [2.24, 2.45) is 0 Å². The number of nitro groups is 1. The van der Waals surface area contributed by atoms with Crippen molar-refractivity contribution in [3.63, 3.8) is 0 Å². The summed E-state index contributed by atoms with van der Waals surface area (Å²) in [6.07, 6.45) is 4.08. The number of hydrogen-bond acceptors (Lipinski definition) is 6. The molecule has 27 heavy (non-hydrogen) atoms. The number of carbonyl (C=O) groups is 1. The van der Waals surface area contributed by atoms with E-state index in [0.717, 1.165) is 24.3 Å². The normalized spacial score (nSPS) is 10.4. The van der Waals surface area contributed by atoms with Crippen molar-refractivity contribution < 1.29 is 28.3 Å². The molecule has 0 radical (unpaired) electrons. The summed E-state index contributed by atoms with van der Waals surface area (Å²) in [5.74, 6) is -1.16. The zero-order chi connectivity index (χ0) is 19.8. The van der Waals surface area contributed by atoms with Crippen LogP contribution in [-0.2, 0) is 4.79 Å². The van der Waals surface area contributed by atoms with E-state index in [4.69, 9.17) is 14.2 Å². The lowest BCUT2D eigenvalue weighted by Crippen LogP contribution is -2.06. The molecule has 0 fully saturated rings. The van der Waals surface area contributed by atoms with Gasteiger partial charge in [-0.2, -0.15) is 0 Å². The van der Waals surface area contributed by atoms with Gasteiger partial charge in [-0.3, -0.25) is 10.1 Å². The third kappa shape index (κ3) is 5.40. The first kappa shape index (κ1) is 19.6. The maximum Gasteiger partial charge on any atom is 0.336 e. The molecule has 0 heterocycles. The molecule has 0 spiro atoms. The van der Waals surface area contributed by atoms with Crippen molar-refractivity contribution >= 4 is 17.7 Å². The molecule has 0 saturated carbocycles. The number of hydrogen-bond donors (Lipinski definition) is 0. The van der Waals surface area contributed by atoms with E-state index < -0.39 is 28.1 Å². The van der Waals surface area contributed by atoms with E-state index in [2.05, 4.69) is 6.58 Å². The van der Waals surface area contributed by atoms with Gasteiger partial charge in [-0.15, -0.1) is 0 Å². The largest absolute Gasteiger partial charge is 0.493 e. The molecule has 0 aliphatic carbocycles. The summed E-state index contributed by atoms with van der Waals surface area (Å²) in [5.41, 5.74) is 0.0898. The first-order valence-corrected chi connectivity index (χ1v) is 7.70. The smallest absolute Gasteiger partial charge is 0.336 e. The summed E-state index contributed by atoms with van der Waals surface area (Å²) in [7, 11) is 1.47. The number of esters is 1. The van der Waals surface area contributed by atoms with Gasteiger partial charge in [0.1, 0.15) is 12.4 Å². The van der Waals surface area contributed by atoms with E-state index in [1.165, 1.54) is 13.2 Å². The highest BCUT2D eigenvalue weighted by Crippen LogP contribution is 2.29. The van der Waals surface area contributed by atoms with Gasteiger partial charge in [0.15, 0.2) is 11.5 Å². The first-order chi connectivity index (χ1) is 12.9. The van der Waals surface area contributed by atoms with Gasteiger partial charge in [0.25, 0.3) is 0 Å². The molecule has 2 aromatic rings.